The predicted molar refractivity (Wildman–Crippen MR) is 120 cm³/mol. The average molecular weight is 442 g/mol. The van der Waals surface area contributed by atoms with E-state index in [0.29, 0.717) is 25.1 Å². The van der Waals surface area contributed by atoms with E-state index in [-0.39, 0.29) is 17.3 Å². The quantitative estimate of drug-likeness (QED) is 0.655. The van der Waals surface area contributed by atoms with Crippen LogP contribution in [-0.2, 0) is 10.7 Å². The number of rotatable bonds is 7. The van der Waals surface area contributed by atoms with E-state index in [1.807, 2.05) is 30.3 Å². The molecule has 0 radical (unpaired) electrons. The molecule has 170 valence electrons. The molecule has 1 amide bonds. The second-order valence-electron chi connectivity index (χ2n) is 8.79. The number of halogens is 2. The number of alkyl halides is 2. The summed E-state index contributed by atoms with van der Waals surface area (Å²) in [7, 11) is 0. The van der Waals surface area contributed by atoms with Crippen LogP contribution in [-0.4, -0.2) is 48.4 Å². The molecule has 0 bridgehead atoms. The van der Waals surface area contributed by atoms with Gasteiger partial charge < -0.3 is 15.1 Å². The molecule has 2 aromatic carbocycles. The molecular formula is C25H29F2N3O2. The first-order valence-electron chi connectivity index (χ1n) is 11.1. The Morgan fingerprint density at radius 2 is 1.72 bits per heavy atom. The van der Waals surface area contributed by atoms with E-state index >= 15 is 0 Å². The van der Waals surface area contributed by atoms with Gasteiger partial charge in [-0.1, -0.05) is 42.5 Å². The van der Waals surface area contributed by atoms with Crippen LogP contribution in [0.4, 0.5) is 14.5 Å². The molecule has 32 heavy (non-hydrogen) atoms. The fraction of sp³-hybridized carbons (Fsp3) is 0.440. The lowest BCUT2D eigenvalue weighted by atomic mass is 9.85. The molecular weight excluding hydrogens is 412 g/mol. The first-order chi connectivity index (χ1) is 15.3. The monoisotopic (exact) mass is 441 g/mol. The zero-order chi connectivity index (χ0) is 22.8. The van der Waals surface area contributed by atoms with Crippen molar-refractivity contribution in [1.82, 2.24) is 10.2 Å². The number of likely N-dealkylation sites (tertiary alicyclic amines) is 1. The lowest BCUT2D eigenvalue weighted by Gasteiger charge is -2.43. The summed E-state index contributed by atoms with van der Waals surface area (Å²) in [6.07, 6.45) is 2.56. The summed E-state index contributed by atoms with van der Waals surface area (Å²) in [6.45, 7) is 3.75. The molecule has 0 atom stereocenters. The van der Waals surface area contributed by atoms with E-state index in [2.05, 4.69) is 15.1 Å². The number of Topliss-reactive ketones (excluding diaryl/α,β-unsaturated/α-hetero) is 1. The number of hydrogen-bond donors (Lipinski definition) is 1. The Balaban J connectivity index is 1.28. The van der Waals surface area contributed by atoms with Crippen LogP contribution in [0.5, 0.6) is 0 Å². The molecule has 2 heterocycles. The predicted octanol–water partition coefficient (Wildman–Crippen LogP) is 4.19. The largest absolute Gasteiger partial charge is 0.339 e. The molecule has 2 saturated heterocycles. The Bertz CT molecular complexity index is 949. The number of ketones is 1. The molecule has 0 unspecified atom stereocenters. The summed E-state index contributed by atoms with van der Waals surface area (Å²) in [5.41, 5.74) is 0.932. The molecule has 0 aromatic heterocycles. The van der Waals surface area contributed by atoms with Gasteiger partial charge in [0.05, 0.1) is 6.67 Å². The van der Waals surface area contributed by atoms with Crippen molar-refractivity contribution in [2.45, 2.75) is 44.1 Å². The molecule has 1 N–H and O–H groups in total. The molecule has 0 saturated carbocycles. The molecule has 4 rings (SSSR count). The number of carbonyl (C=O) groups excluding carboxylic acids is 2. The fourth-order valence-electron chi connectivity index (χ4n) is 4.74. The van der Waals surface area contributed by atoms with Crippen molar-refractivity contribution in [2.24, 2.45) is 0 Å². The van der Waals surface area contributed by atoms with Crippen molar-refractivity contribution >= 4 is 17.4 Å². The van der Waals surface area contributed by atoms with Crippen LogP contribution in [0.15, 0.2) is 54.6 Å². The third-order valence-electron chi connectivity index (χ3n) is 6.68. The van der Waals surface area contributed by atoms with Crippen LogP contribution in [0.2, 0.25) is 0 Å². The number of nitrogens with one attached hydrogen (secondary N) is 1. The van der Waals surface area contributed by atoms with Gasteiger partial charge in [0.15, 0.2) is 5.78 Å². The van der Waals surface area contributed by atoms with Gasteiger partial charge in [0.25, 0.3) is 5.92 Å². The third kappa shape index (κ3) is 4.53. The summed E-state index contributed by atoms with van der Waals surface area (Å²) in [5.74, 6) is -2.84. The maximum Gasteiger partial charge on any atom is 0.270 e. The van der Waals surface area contributed by atoms with Gasteiger partial charge in [0.1, 0.15) is 5.54 Å². The lowest BCUT2D eigenvalue weighted by molar-refractivity contribution is -0.125. The molecule has 2 aromatic rings. The van der Waals surface area contributed by atoms with Gasteiger partial charge in [-0.2, -0.15) is 0 Å². The van der Waals surface area contributed by atoms with E-state index in [4.69, 9.17) is 0 Å². The van der Waals surface area contributed by atoms with Gasteiger partial charge in [0, 0.05) is 43.2 Å². The zero-order valence-corrected chi connectivity index (χ0v) is 18.3. The van der Waals surface area contributed by atoms with Crippen molar-refractivity contribution in [3.8, 4) is 0 Å². The highest BCUT2D eigenvalue weighted by molar-refractivity contribution is 5.96. The van der Waals surface area contributed by atoms with E-state index < -0.39 is 11.5 Å². The van der Waals surface area contributed by atoms with Gasteiger partial charge >= 0.3 is 0 Å². The summed E-state index contributed by atoms with van der Waals surface area (Å²) < 4.78 is 26.7. The Hall–Kier alpha value is -2.80. The number of anilines is 1. The zero-order valence-electron chi connectivity index (χ0n) is 18.3. The number of carbonyl (C=O) groups is 2. The van der Waals surface area contributed by atoms with Crippen LogP contribution in [0, 0.1) is 0 Å². The van der Waals surface area contributed by atoms with Crippen LogP contribution >= 0.6 is 0 Å². The Morgan fingerprint density at radius 3 is 2.34 bits per heavy atom. The van der Waals surface area contributed by atoms with Gasteiger partial charge in [-0.15, -0.1) is 0 Å². The standard InChI is InChI=1S/C25H29F2N3O2/c1-24(26,27)20-11-9-19(10-12-20)22(31)8-5-15-29-16-13-25(14-17-29)23(32)28-18-30(25)21-6-3-2-4-7-21/h2-4,6-7,9-12H,5,8,13-18H2,1H3,(H,28,32). The van der Waals surface area contributed by atoms with Crippen molar-refractivity contribution in [3.63, 3.8) is 0 Å². The van der Waals surface area contributed by atoms with E-state index in [9.17, 15) is 18.4 Å². The summed E-state index contributed by atoms with van der Waals surface area (Å²) >= 11 is 0. The highest BCUT2D eigenvalue weighted by atomic mass is 19.3. The first kappa shape index (κ1) is 22.4. The maximum atomic E-state index is 13.3. The van der Waals surface area contributed by atoms with Crippen LogP contribution in [0.3, 0.4) is 0 Å². The number of nitrogens with zero attached hydrogens (tertiary/aromatic N) is 2. The second-order valence-corrected chi connectivity index (χ2v) is 8.79. The fourth-order valence-corrected chi connectivity index (χ4v) is 4.74. The lowest BCUT2D eigenvalue weighted by Crippen LogP contribution is -2.56. The minimum atomic E-state index is -2.90. The minimum absolute atomic E-state index is 0.0325. The number of hydrogen-bond acceptors (Lipinski definition) is 4. The number of para-hydroxylation sites is 1. The Morgan fingerprint density at radius 1 is 1.06 bits per heavy atom. The summed E-state index contributed by atoms with van der Waals surface area (Å²) in [4.78, 5) is 29.6. The van der Waals surface area contributed by atoms with Gasteiger partial charge in [0.2, 0.25) is 5.91 Å². The number of amides is 1. The molecule has 7 heteroatoms. The highest BCUT2D eigenvalue weighted by Gasteiger charge is 2.50. The van der Waals surface area contributed by atoms with Gasteiger partial charge in [-0.3, -0.25) is 9.59 Å². The van der Waals surface area contributed by atoms with Crippen LogP contribution < -0.4 is 10.2 Å². The minimum Gasteiger partial charge on any atom is -0.339 e. The first-order valence-corrected chi connectivity index (χ1v) is 11.1. The average Bonchev–Trinajstić information content (AvgIpc) is 3.10. The second kappa shape index (κ2) is 8.98. The molecule has 0 aliphatic carbocycles. The Labute approximate surface area is 187 Å². The van der Waals surface area contributed by atoms with Crippen molar-refractivity contribution in [1.29, 1.82) is 0 Å². The maximum absolute atomic E-state index is 13.3. The van der Waals surface area contributed by atoms with E-state index in [1.165, 1.54) is 24.3 Å². The summed E-state index contributed by atoms with van der Waals surface area (Å²) in [6, 6.07) is 15.6. The van der Waals surface area contributed by atoms with E-state index in [0.717, 1.165) is 45.1 Å². The van der Waals surface area contributed by atoms with Crippen LogP contribution in [0.1, 0.15) is 48.5 Å². The molecule has 2 aliphatic heterocycles. The van der Waals surface area contributed by atoms with Crippen LogP contribution in [0.25, 0.3) is 0 Å². The topological polar surface area (TPSA) is 52.7 Å². The van der Waals surface area contributed by atoms with Crippen molar-refractivity contribution < 1.29 is 18.4 Å². The SMILES string of the molecule is CC(F)(F)c1ccc(C(=O)CCCN2CCC3(CC2)C(=O)NCN3c2ccccc2)cc1. The van der Waals surface area contributed by atoms with Crippen molar-refractivity contribution in [2.75, 3.05) is 31.2 Å². The van der Waals surface area contributed by atoms with Crippen molar-refractivity contribution in [3.05, 3.63) is 65.7 Å². The number of benzene rings is 2. The molecule has 1 spiro atoms. The smallest absolute Gasteiger partial charge is 0.270 e. The molecule has 2 fully saturated rings. The van der Waals surface area contributed by atoms with E-state index in [1.54, 1.807) is 0 Å². The number of piperidine rings is 1. The highest BCUT2D eigenvalue weighted by Crippen LogP contribution is 2.36. The van der Waals surface area contributed by atoms with Gasteiger partial charge in [-0.25, -0.2) is 8.78 Å². The normalized spacial score (nSPS) is 18.7. The third-order valence-corrected chi connectivity index (χ3v) is 6.68. The summed E-state index contributed by atoms with van der Waals surface area (Å²) in [5, 5.41) is 3.01. The van der Waals surface area contributed by atoms with Gasteiger partial charge in [-0.05, 0) is 37.9 Å². The molecule has 2 aliphatic rings. The molecule has 5 nitrogen and oxygen atoms in total. The Kier molecular flexibility index (Phi) is 6.29.